The average molecular weight is 272 g/mol. The molecule has 1 aliphatic heterocycles. The van der Waals surface area contributed by atoms with Crippen molar-refractivity contribution in [1.29, 1.82) is 0 Å². The van der Waals surface area contributed by atoms with Crippen LogP contribution in [-0.2, 0) is 4.79 Å². The zero-order valence-electron chi connectivity index (χ0n) is 12.4. The maximum atomic E-state index is 12.4. The molecule has 1 aromatic rings. The Morgan fingerprint density at radius 2 is 1.85 bits per heavy atom. The van der Waals surface area contributed by atoms with Crippen LogP contribution in [-0.4, -0.2) is 29.4 Å². The summed E-state index contributed by atoms with van der Waals surface area (Å²) >= 11 is 0. The summed E-state index contributed by atoms with van der Waals surface area (Å²) in [5.74, 6) is 0.986. The summed E-state index contributed by atoms with van der Waals surface area (Å²) in [6.45, 7) is 5.08. The number of nitrogens with one attached hydrogen (secondary N) is 1. The molecule has 0 bridgehead atoms. The molecule has 1 N–H and O–H groups in total. The fourth-order valence-electron chi connectivity index (χ4n) is 3.18. The molecule has 0 unspecified atom stereocenters. The zero-order valence-corrected chi connectivity index (χ0v) is 12.4. The van der Waals surface area contributed by atoms with E-state index in [1.165, 1.54) is 18.4 Å². The lowest BCUT2D eigenvalue weighted by atomic mass is 10.0. The lowest BCUT2D eigenvalue weighted by Gasteiger charge is -2.24. The number of amides is 1. The van der Waals surface area contributed by atoms with Gasteiger partial charge in [-0.05, 0) is 44.6 Å². The quantitative estimate of drug-likeness (QED) is 0.894. The summed E-state index contributed by atoms with van der Waals surface area (Å²) in [6, 6.07) is 11.2. The summed E-state index contributed by atoms with van der Waals surface area (Å²) in [6.07, 6.45) is 3.50. The predicted octanol–water partition coefficient (Wildman–Crippen LogP) is 2.74. The second-order valence-corrected chi connectivity index (χ2v) is 6.36. The number of nitrogens with zero attached hydrogens (tertiary/aromatic N) is 1. The first kappa shape index (κ1) is 13.6. The third-order valence-electron chi connectivity index (χ3n) is 4.50. The maximum Gasteiger partial charge on any atom is 0.240 e. The van der Waals surface area contributed by atoms with Crippen molar-refractivity contribution < 1.29 is 4.79 Å². The number of hydrogen-bond acceptors (Lipinski definition) is 2. The molecule has 1 amide bonds. The van der Waals surface area contributed by atoms with E-state index in [-0.39, 0.29) is 11.9 Å². The summed E-state index contributed by atoms with van der Waals surface area (Å²) in [5, 5.41) is 3.64. The number of hydrogen-bond donors (Lipinski definition) is 1. The predicted molar refractivity (Wildman–Crippen MR) is 80.3 cm³/mol. The highest BCUT2D eigenvalue weighted by atomic mass is 16.2. The Balaban J connectivity index is 1.71. The van der Waals surface area contributed by atoms with E-state index in [1.807, 2.05) is 4.90 Å². The normalized spacial score (nSPS) is 24.4. The van der Waals surface area contributed by atoms with E-state index in [2.05, 4.69) is 49.5 Å². The molecule has 2 atom stereocenters. The van der Waals surface area contributed by atoms with Gasteiger partial charge in [-0.3, -0.25) is 10.1 Å². The molecule has 0 aromatic heterocycles. The highest BCUT2D eigenvalue weighted by Gasteiger charge is 2.38. The van der Waals surface area contributed by atoms with E-state index in [4.69, 9.17) is 0 Å². The molecule has 1 aliphatic carbocycles. The van der Waals surface area contributed by atoms with Gasteiger partial charge in [-0.25, -0.2) is 0 Å². The Kier molecular flexibility index (Phi) is 3.79. The number of carbonyl (C=O) groups excluding carboxylic acids is 1. The molecule has 1 saturated carbocycles. The van der Waals surface area contributed by atoms with Gasteiger partial charge in [0, 0.05) is 18.6 Å². The third kappa shape index (κ3) is 2.73. The van der Waals surface area contributed by atoms with Crippen molar-refractivity contribution in [3.05, 3.63) is 35.9 Å². The van der Waals surface area contributed by atoms with Crippen molar-refractivity contribution in [1.82, 2.24) is 10.2 Å². The van der Waals surface area contributed by atoms with Crippen molar-refractivity contribution in [2.45, 2.75) is 51.2 Å². The van der Waals surface area contributed by atoms with Crippen LogP contribution in [0.25, 0.3) is 0 Å². The largest absolute Gasteiger partial charge is 0.339 e. The number of likely N-dealkylation sites (tertiary alicyclic amines) is 1. The smallest absolute Gasteiger partial charge is 0.240 e. The second-order valence-electron chi connectivity index (χ2n) is 6.36. The van der Waals surface area contributed by atoms with Gasteiger partial charge in [-0.2, -0.15) is 0 Å². The lowest BCUT2D eigenvalue weighted by molar-refractivity contribution is -0.131. The van der Waals surface area contributed by atoms with Gasteiger partial charge >= 0.3 is 0 Å². The van der Waals surface area contributed by atoms with Crippen LogP contribution in [0.1, 0.15) is 44.7 Å². The third-order valence-corrected chi connectivity index (χ3v) is 4.50. The number of benzene rings is 1. The molecule has 108 valence electrons. The van der Waals surface area contributed by atoms with Crippen molar-refractivity contribution in [2.75, 3.05) is 6.54 Å². The van der Waals surface area contributed by atoms with Crippen LogP contribution >= 0.6 is 0 Å². The molecule has 1 aromatic carbocycles. The lowest BCUT2D eigenvalue weighted by Crippen LogP contribution is -2.42. The molecule has 3 nitrogen and oxygen atoms in total. The Bertz CT molecular complexity index is 467. The first-order chi connectivity index (χ1) is 9.66. The molecule has 1 saturated heterocycles. The molecule has 2 aliphatic rings. The Labute approximate surface area is 121 Å². The standard InChI is InChI=1S/C17H24N2O/c1-12(2)19-11-10-15(17(19)20)18-16(14-8-9-14)13-6-4-3-5-7-13/h3-7,12,14-16,18H,8-11H2,1-2H3/t15-,16-/m1/s1. The van der Waals surface area contributed by atoms with Crippen molar-refractivity contribution in [3.8, 4) is 0 Å². The van der Waals surface area contributed by atoms with Gasteiger partial charge in [-0.1, -0.05) is 30.3 Å². The maximum absolute atomic E-state index is 12.4. The van der Waals surface area contributed by atoms with Crippen LogP contribution in [0.4, 0.5) is 0 Å². The van der Waals surface area contributed by atoms with Gasteiger partial charge in [0.1, 0.15) is 0 Å². The van der Waals surface area contributed by atoms with Crippen LogP contribution in [0.3, 0.4) is 0 Å². The van der Waals surface area contributed by atoms with Crippen molar-refractivity contribution >= 4 is 5.91 Å². The first-order valence-electron chi connectivity index (χ1n) is 7.78. The van der Waals surface area contributed by atoms with Crippen molar-refractivity contribution in [3.63, 3.8) is 0 Å². The van der Waals surface area contributed by atoms with Crippen LogP contribution in [0.5, 0.6) is 0 Å². The Hall–Kier alpha value is -1.35. The van der Waals surface area contributed by atoms with Gasteiger partial charge in [0.15, 0.2) is 0 Å². The monoisotopic (exact) mass is 272 g/mol. The van der Waals surface area contributed by atoms with E-state index in [0.29, 0.717) is 18.0 Å². The van der Waals surface area contributed by atoms with Gasteiger partial charge < -0.3 is 4.90 Å². The fourth-order valence-corrected chi connectivity index (χ4v) is 3.18. The molecule has 3 heteroatoms. The van der Waals surface area contributed by atoms with Gasteiger partial charge in [0.25, 0.3) is 0 Å². The highest BCUT2D eigenvalue weighted by molar-refractivity contribution is 5.84. The Morgan fingerprint density at radius 3 is 2.40 bits per heavy atom. The number of carbonyl (C=O) groups is 1. The van der Waals surface area contributed by atoms with Gasteiger partial charge in [0.2, 0.25) is 5.91 Å². The van der Waals surface area contributed by atoms with E-state index in [1.54, 1.807) is 0 Å². The topological polar surface area (TPSA) is 32.3 Å². The van der Waals surface area contributed by atoms with Crippen LogP contribution in [0, 0.1) is 5.92 Å². The van der Waals surface area contributed by atoms with E-state index in [0.717, 1.165) is 13.0 Å². The molecule has 0 radical (unpaired) electrons. The minimum absolute atomic E-state index is 0.00297. The summed E-state index contributed by atoms with van der Waals surface area (Å²) in [7, 11) is 0. The molecule has 20 heavy (non-hydrogen) atoms. The highest BCUT2D eigenvalue weighted by Crippen LogP contribution is 2.41. The first-order valence-corrected chi connectivity index (χ1v) is 7.78. The summed E-state index contributed by atoms with van der Waals surface area (Å²) in [4.78, 5) is 14.4. The van der Waals surface area contributed by atoms with E-state index in [9.17, 15) is 4.79 Å². The molecule has 2 fully saturated rings. The summed E-state index contributed by atoms with van der Waals surface area (Å²) < 4.78 is 0. The molecule has 3 rings (SSSR count). The van der Waals surface area contributed by atoms with Crippen LogP contribution in [0.15, 0.2) is 30.3 Å². The molecular weight excluding hydrogens is 248 g/mol. The minimum atomic E-state index is 0.00297. The van der Waals surface area contributed by atoms with E-state index < -0.39 is 0 Å². The molecule has 0 spiro atoms. The van der Waals surface area contributed by atoms with Crippen LogP contribution in [0.2, 0.25) is 0 Å². The number of rotatable bonds is 5. The second kappa shape index (κ2) is 5.57. The SMILES string of the molecule is CC(C)N1CC[C@@H](N[C@H](c2ccccc2)C2CC2)C1=O. The summed E-state index contributed by atoms with van der Waals surface area (Å²) in [5.41, 5.74) is 1.32. The minimum Gasteiger partial charge on any atom is -0.339 e. The van der Waals surface area contributed by atoms with Gasteiger partial charge in [0.05, 0.1) is 6.04 Å². The molecule has 1 heterocycles. The van der Waals surface area contributed by atoms with Crippen molar-refractivity contribution in [2.24, 2.45) is 5.92 Å². The molecular formula is C17H24N2O. The average Bonchev–Trinajstić information content (AvgIpc) is 3.21. The van der Waals surface area contributed by atoms with Crippen LogP contribution < -0.4 is 5.32 Å². The fraction of sp³-hybridized carbons (Fsp3) is 0.588. The van der Waals surface area contributed by atoms with Gasteiger partial charge in [-0.15, -0.1) is 0 Å². The Morgan fingerprint density at radius 1 is 1.15 bits per heavy atom. The van der Waals surface area contributed by atoms with E-state index >= 15 is 0 Å². The zero-order chi connectivity index (χ0) is 14.1.